The Balaban J connectivity index is 1.49. The van der Waals surface area contributed by atoms with E-state index >= 15 is 0 Å². The van der Waals surface area contributed by atoms with Crippen LogP contribution in [-0.2, 0) is 14.8 Å². The highest BCUT2D eigenvalue weighted by molar-refractivity contribution is 7.89. The van der Waals surface area contributed by atoms with Crippen LogP contribution in [0.2, 0.25) is 5.02 Å². The molecular formula is C19H23ClN4O5S. The number of carbonyl (C=O) groups is 1. The van der Waals surface area contributed by atoms with Gasteiger partial charge in [0.15, 0.2) is 0 Å². The van der Waals surface area contributed by atoms with Crippen molar-refractivity contribution < 1.29 is 23.1 Å². The zero-order valence-electron chi connectivity index (χ0n) is 16.1. The minimum Gasteiger partial charge on any atom is -0.394 e. The van der Waals surface area contributed by atoms with Crippen molar-refractivity contribution in [1.29, 1.82) is 0 Å². The third-order valence-electron chi connectivity index (χ3n) is 4.79. The number of hydrogen-bond acceptors (Lipinski definition) is 7. The Kier molecular flexibility index (Phi) is 7.73. The molecule has 9 nitrogen and oxygen atoms in total. The molecule has 0 spiro atoms. The van der Waals surface area contributed by atoms with Crippen LogP contribution in [0.15, 0.2) is 47.8 Å². The average molecular weight is 455 g/mol. The lowest BCUT2D eigenvalue weighted by Crippen LogP contribution is -2.51. The lowest BCUT2D eigenvalue weighted by Gasteiger charge is -2.36. The molecule has 1 aliphatic rings. The van der Waals surface area contributed by atoms with Gasteiger partial charge in [0, 0.05) is 24.0 Å². The van der Waals surface area contributed by atoms with Crippen LogP contribution < -0.4 is 10.0 Å². The standard InChI is InChI=1S/C19H23ClN4O5S/c20-13-1-4-15(5-2-13)30(27,28)23-8-7-14-3-6-16(18(12-25)29-14)24-19(26)17-11-21-9-10-22-17/h1-2,4-5,9-11,14,16,18,23,25H,3,6-8,12H2,(H,24,26)/t14-,16-,18-/m1/s1. The molecule has 3 atom stereocenters. The summed E-state index contributed by atoms with van der Waals surface area (Å²) in [6, 6.07) is 5.54. The fraction of sp³-hybridized carbons (Fsp3) is 0.421. The molecule has 1 aromatic heterocycles. The summed E-state index contributed by atoms with van der Waals surface area (Å²) >= 11 is 5.79. The number of amides is 1. The Morgan fingerprint density at radius 2 is 2.00 bits per heavy atom. The minimum absolute atomic E-state index is 0.136. The highest BCUT2D eigenvalue weighted by Gasteiger charge is 2.32. The van der Waals surface area contributed by atoms with Crippen LogP contribution in [0.5, 0.6) is 0 Å². The van der Waals surface area contributed by atoms with Gasteiger partial charge >= 0.3 is 0 Å². The maximum absolute atomic E-state index is 12.3. The number of carbonyl (C=O) groups excluding carboxylic acids is 1. The van der Waals surface area contributed by atoms with E-state index in [0.717, 1.165) is 0 Å². The fourth-order valence-corrected chi connectivity index (χ4v) is 4.39. The van der Waals surface area contributed by atoms with E-state index < -0.39 is 16.1 Å². The summed E-state index contributed by atoms with van der Waals surface area (Å²) in [6.07, 6.45) is 5.09. The summed E-state index contributed by atoms with van der Waals surface area (Å²) in [4.78, 5) is 20.2. The summed E-state index contributed by atoms with van der Waals surface area (Å²) in [5.74, 6) is -0.385. The van der Waals surface area contributed by atoms with Gasteiger partial charge in [-0.2, -0.15) is 0 Å². The monoisotopic (exact) mass is 454 g/mol. The van der Waals surface area contributed by atoms with Crippen molar-refractivity contribution >= 4 is 27.5 Å². The summed E-state index contributed by atoms with van der Waals surface area (Å²) in [5, 5.41) is 12.9. The Bertz CT molecular complexity index is 943. The molecule has 30 heavy (non-hydrogen) atoms. The molecule has 0 aliphatic carbocycles. The number of nitrogens with one attached hydrogen (secondary N) is 2. The topological polar surface area (TPSA) is 131 Å². The second-order valence-electron chi connectivity index (χ2n) is 6.87. The van der Waals surface area contributed by atoms with Crippen LogP contribution in [0.25, 0.3) is 0 Å². The van der Waals surface area contributed by atoms with Gasteiger partial charge in [-0.1, -0.05) is 11.6 Å². The lowest BCUT2D eigenvalue weighted by molar-refractivity contribution is -0.0891. The predicted octanol–water partition coefficient (Wildman–Crippen LogP) is 1.14. The first kappa shape index (κ1) is 22.6. The van der Waals surface area contributed by atoms with Crippen molar-refractivity contribution in [2.24, 2.45) is 0 Å². The molecule has 11 heteroatoms. The van der Waals surface area contributed by atoms with Gasteiger partial charge in [0.2, 0.25) is 10.0 Å². The van der Waals surface area contributed by atoms with E-state index in [9.17, 15) is 18.3 Å². The average Bonchev–Trinajstić information content (AvgIpc) is 2.75. The van der Waals surface area contributed by atoms with Crippen molar-refractivity contribution in [3.05, 3.63) is 53.6 Å². The summed E-state index contributed by atoms with van der Waals surface area (Å²) in [5.41, 5.74) is 0.188. The highest BCUT2D eigenvalue weighted by atomic mass is 35.5. The molecule has 1 saturated heterocycles. The minimum atomic E-state index is -3.64. The molecule has 0 unspecified atom stereocenters. The maximum Gasteiger partial charge on any atom is 0.271 e. The lowest BCUT2D eigenvalue weighted by atomic mass is 9.97. The molecule has 2 aromatic rings. The Labute approximate surface area is 179 Å². The molecule has 1 amide bonds. The van der Waals surface area contributed by atoms with E-state index in [1.807, 2.05) is 0 Å². The molecule has 2 heterocycles. The zero-order valence-corrected chi connectivity index (χ0v) is 17.6. The van der Waals surface area contributed by atoms with Crippen molar-refractivity contribution in [2.45, 2.75) is 42.4 Å². The Morgan fingerprint density at radius 1 is 1.23 bits per heavy atom. The molecule has 3 N–H and O–H groups in total. The van der Waals surface area contributed by atoms with Crippen molar-refractivity contribution in [2.75, 3.05) is 13.2 Å². The predicted molar refractivity (Wildman–Crippen MR) is 110 cm³/mol. The summed E-state index contributed by atoms with van der Waals surface area (Å²) in [7, 11) is -3.64. The number of nitrogens with zero attached hydrogens (tertiary/aromatic N) is 2. The molecule has 1 fully saturated rings. The van der Waals surface area contributed by atoms with E-state index in [1.165, 1.54) is 42.9 Å². The van der Waals surface area contributed by atoms with Crippen LogP contribution >= 0.6 is 11.6 Å². The second-order valence-corrected chi connectivity index (χ2v) is 9.07. The molecule has 3 rings (SSSR count). The molecule has 0 bridgehead atoms. The van der Waals surface area contributed by atoms with Gasteiger partial charge in [-0.15, -0.1) is 0 Å². The smallest absolute Gasteiger partial charge is 0.271 e. The van der Waals surface area contributed by atoms with Gasteiger partial charge in [-0.3, -0.25) is 9.78 Å². The molecule has 1 aromatic carbocycles. The highest BCUT2D eigenvalue weighted by Crippen LogP contribution is 2.22. The first-order chi connectivity index (χ1) is 14.4. The molecule has 162 valence electrons. The van der Waals surface area contributed by atoms with Crippen molar-refractivity contribution in [3.63, 3.8) is 0 Å². The van der Waals surface area contributed by atoms with E-state index in [1.54, 1.807) is 0 Å². The van der Waals surface area contributed by atoms with Crippen LogP contribution in [0.1, 0.15) is 29.8 Å². The van der Waals surface area contributed by atoms with Gasteiger partial charge in [0.25, 0.3) is 5.91 Å². The number of rotatable bonds is 8. The summed E-state index contributed by atoms with van der Waals surface area (Å²) < 4.78 is 33.1. The van der Waals surface area contributed by atoms with E-state index in [0.29, 0.717) is 24.3 Å². The molecule has 0 saturated carbocycles. The van der Waals surface area contributed by atoms with Gasteiger partial charge in [0.05, 0.1) is 29.8 Å². The van der Waals surface area contributed by atoms with Crippen LogP contribution in [-0.4, -0.2) is 60.8 Å². The summed E-state index contributed by atoms with van der Waals surface area (Å²) in [6.45, 7) is -0.0805. The van der Waals surface area contributed by atoms with Crippen LogP contribution in [0.4, 0.5) is 0 Å². The fourth-order valence-electron chi connectivity index (χ4n) is 3.22. The van der Waals surface area contributed by atoms with Crippen molar-refractivity contribution in [3.8, 4) is 0 Å². The number of ether oxygens (including phenoxy) is 1. The first-order valence-electron chi connectivity index (χ1n) is 9.47. The zero-order chi connectivity index (χ0) is 21.6. The first-order valence-corrected chi connectivity index (χ1v) is 11.3. The normalized spacial score (nSPS) is 21.9. The largest absolute Gasteiger partial charge is 0.394 e. The third kappa shape index (κ3) is 5.96. The number of aromatic nitrogens is 2. The molecular weight excluding hydrogens is 432 g/mol. The third-order valence-corrected chi connectivity index (χ3v) is 6.52. The van der Waals surface area contributed by atoms with Crippen LogP contribution in [0, 0.1) is 0 Å². The van der Waals surface area contributed by atoms with Gasteiger partial charge in [-0.05, 0) is 43.5 Å². The maximum atomic E-state index is 12.3. The van der Waals surface area contributed by atoms with E-state index in [4.69, 9.17) is 16.3 Å². The quantitative estimate of drug-likeness (QED) is 0.545. The molecule has 0 radical (unpaired) electrons. The Hall–Kier alpha value is -2.11. The van der Waals surface area contributed by atoms with Crippen molar-refractivity contribution in [1.82, 2.24) is 20.0 Å². The number of aliphatic hydroxyl groups is 1. The SMILES string of the molecule is O=C(N[C@@H]1CC[C@H](CCNS(=O)(=O)c2ccc(Cl)cc2)O[C@@H]1CO)c1cnccn1. The number of sulfonamides is 1. The van der Waals surface area contributed by atoms with E-state index in [2.05, 4.69) is 20.0 Å². The van der Waals surface area contributed by atoms with Gasteiger partial charge in [-0.25, -0.2) is 18.1 Å². The van der Waals surface area contributed by atoms with E-state index in [-0.39, 0.29) is 41.8 Å². The second kappa shape index (κ2) is 10.3. The Morgan fingerprint density at radius 3 is 2.67 bits per heavy atom. The number of hydrogen-bond donors (Lipinski definition) is 3. The molecule has 1 aliphatic heterocycles. The van der Waals surface area contributed by atoms with Crippen LogP contribution in [0.3, 0.4) is 0 Å². The number of aliphatic hydroxyl groups excluding tert-OH is 1. The van der Waals surface area contributed by atoms with Gasteiger partial charge in [0.1, 0.15) is 11.8 Å². The number of benzene rings is 1. The van der Waals surface area contributed by atoms with Gasteiger partial charge < -0.3 is 15.2 Å². The number of halogens is 1.